The molecule has 2 aromatic heterocycles. The van der Waals surface area contributed by atoms with Gasteiger partial charge in [-0.1, -0.05) is 17.7 Å². The van der Waals surface area contributed by atoms with Crippen LogP contribution in [0.2, 0.25) is 5.02 Å². The van der Waals surface area contributed by atoms with Gasteiger partial charge in [0.2, 0.25) is 10.0 Å². The number of pyridine rings is 1. The quantitative estimate of drug-likeness (QED) is 0.883. The van der Waals surface area contributed by atoms with Crippen molar-refractivity contribution in [3.05, 3.63) is 44.5 Å². The topological polar surface area (TPSA) is 59.1 Å². The first-order chi connectivity index (χ1) is 8.88. The lowest BCUT2D eigenvalue weighted by molar-refractivity contribution is 0.583. The van der Waals surface area contributed by atoms with Crippen LogP contribution >= 0.6 is 38.9 Å². The van der Waals surface area contributed by atoms with Gasteiger partial charge >= 0.3 is 0 Å². The van der Waals surface area contributed by atoms with Gasteiger partial charge in [0, 0.05) is 18.4 Å². The molecule has 0 bridgehead atoms. The second-order valence-corrected chi connectivity index (χ2v) is 8.59. The van der Waals surface area contributed by atoms with Crippen molar-refractivity contribution in [3.8, 4) is 0 Å². The van der Waals surface area contributed by atoms with E-state index in [2.05, 4.69) is 25.6 Å². The van der Waals surface area contributed by atoms with Crippen LogP contribution in [0.5, 0.6) is 0 Å². The monoisotopic (exact) mass is 380 g/mol. The molecule has 4 nitrogen and oxygen atoms in total. The number of aromatic nitrogens is 1. The summed E-state index contributed by atoms with van der Waals surface area (Å²) in [6.07, 6.45) is 1.65. The molecule has 0 saturated heterocycles. The summed E-state index contributed by atoms with van der Waals surface area (Å²) in [7, 11) is -3.54. The molecule has 2 aromatic rings. The van der Waals surface area contributed by atoms with E-state index in [4.69, 9.17) is 11.6 Å². The largest absolute Gasteiger partial charge is 0.261 e. The SMILES string of the molecule is Cc1ccc(CNS(=O)(=O)c2cc(Cl)c(Br)s2)cn1. The van der Waals surface area contributed by atoms with Crippen molar-refractivity contribution in [1.82, 2.24) is 9.71 Å². The second kappa shape index (κ2) is 5.88. The van der Waals surface area contributed by atoms with Crippen LogP contribution in [0.4, 0.5) is 0 Å². The number of thiophene rings is 1. The molecule has 102 valence electrons. The lowest BCUT2D eigenvalue weighted by atomic mass is 10.2. The Morgan fingerprint density at radius 1 is 1.47 bits per heavy atom. The summed E-state index contributed by atoms with van der Waals surface area (Å²) in [4.78, 5) is 4.11. The first-order valence-corrected chi connectivity index (χ1v) is 8.71. The third kappa shape index (κ3) is 3.76. The van der Waals surface area contributed by atoms with Crippen molar-refractivity contribution in [1.29, 1.82) is 0 Å². The molecule has 0 saturated carbocycles. The molecular weight excluding hydrogens is 372 g/mol. The van der Waals surface area contributed by atoms with Gasteiger partial charge in [-0.05, 0) is 40.5 Å². The molecule has 2 rings (SSSR count). The Morgan fingerprint density at radius 2 is 2.21 bits per heavy atom. The Labute approximate surface area is 129 Å². The number of nitrogens with one attached hydrogen (secondary N) is 1. The van der Waals surface area contributed by atoms with Crippen molar-refractivity contribution in [2.45, 2.75) is 17.7 Å². The standard InChI is InChI=1S/C11H10BrClN2O2S2/c1-7-2-3-8(5-14-7)6-15-19(16,17)10-4-9(13)11(12)18-10/h2-5,15H,6H2,1H3. The van der Waals surface area contributed by atoms with Crippen LogP contribution < -0.4 is 4.72 Å². The minimum Gasteiger partial charge on any atom is -0.261 e. The maximum absolute atomic E-state index is 12.0. The van der Waals surface area contributed by atoms with E-state index in [-0.39, 0.29) is 10.8 Å². The number of hydrogen-bond donors (Lipinski definition) is 1. The van der Waals surface area contributed by atoms with Crippen LogP contribution in [0.1, 0.15) is 11.3 Å². The fourth-order valence-corrected chi connectivity index (χ4v) is 4.77. The van der Waals surface area contributed by atoms with Crippen LogP contribution in [-0.4, -0.2) is 13.4 Å². The van der Waals surface area contributed by atoms with E-state index in [1.807, 2.05) is 19.1 Å². The Morgan fingerprint density at radius 3 is 2.74 bits per heavy atom. The molecule has 1 N–H and O–H groups in total. The number of hydrogen-bond acceptors (Lipinski definition) is 4. The Hall–Kier alpha value is -0.470. The third-order valence-corrected chi connectivity index (χ3v) is 6.68. The van der Waals surface area contributed by atoms with E-state index >= 15 is 0 Å². The molecule has 0 aliphatic heterocycles. The molecule has 0 radical (unpaired) electrons. The molecule has 0 amide bonds. The van der Waals surface area contributed by atoms with E-state index in [0.29, 0.717) is 8.81 Å². The predicted octanol–water partition coefficient (Wildman–Crippen LogP) is 3.35. The predicted molar refractivity (Wildman–Crippen MR) is 80.0 cm³/mol. The normalized spacial score (nSPS) is 11.7. The van der Waals surface area contributed by atoms with E-state index in [1.165, 1.54) is 6.07 Å². The van der Waals surface area contributed by atoms with E-state index < -0.39 is 10.0 Å². The minimum absolute atomic E-state index is 0.185. The highest BCUT2D eigenvalue weighted by molar-refractivity contribution is 9.11. The molecule has 0 unspecified atom stereocenters. The molecule has 0 aromatic carbocycles. The summed E-state index contributed by atoms with van der Waals surface area (Å²) < 4.78 is 27.4. The molecule has 0 aliphatic rings. The molecule has 2 heterocycles. The summed E-state index contributed by atoms with van der Waals surface area (Å²) in [6, 6.07) is 5.09. The molecular formula is C11H10BrClN2O2S2. The van der Waals surface area contributed by atoms with Crippen molar-refractivity contribution >= 4 is 48.9 Å². The summed E-state index contributed by atoms with van der Waals surface area (Å²) in [5, 5.41) is 0.391. The lowest BCUT2D eigenvalue weighted by Gasteiger charge is -2.04. The van der Waals surface area contributed by atoms with Gasteiger partial charge in [0.15, 0.2) is 0 Å². The molecule has 0 fully saturated rings. The highest BCUT2D eigenvalue weighted by Gasteiger charge is 2.18. The van der Waals surface area contributed by atoms with Crippen LogP contribution in [0.25, 0.3) is 0 Å². The number of nitrogens with zero attached hydrogens (tertiary/aromatic N) is 1. The Bertz CT molecular complexity index is 664. The molecule has 0 atom stereocenters. The number of aryl methyl sites for hydroxylation is 1. The van der Waals surface area contributed by atoms with Gasteiger partial charge in [-0.25, -0.2) is 13.1 Å². The zero-order valence-electron chi connectivity index (χ0n) is 9.85. The lowest BCUT2D eigenvalue weighted by Crippen LogP contribution is -2.22. The zero-order valence-corrected chi connectivity index (χ0v) is 13.8. The van der Waals surface area contributed by atoms with Gasteiger partial charge < -0.3 is 0 Å². The summed E-state index contributed by atoms with van der Waals surface area (Å²) in [5.41, 5.74) is 1.69. The van der Waals surface area contributed by atoms with Crippen LogP contribution in [0.3, 0.4) is 0 Å². The van der Waals surface area contributed by atoms with Gasteiger partial charge in [0.05, 0.1) is 8.81 Å². The smallest absolute Gasteiger partial charge is 0.250 e. The van der Waals surface area contributed by atoms with Gasteiger partial charge in [-0.2, -0.15) is 0 Å². The van der Waals surface area contributed by atoms with Crippen LogP contribution in [0.15, 0.2) is 32.4 Å². The molecule has 0 aliphatic carbocycles. The molecule has 19 heavy (non-hydrogen) atoms. The fraction of sp³-hybridized carbons (Fsp3) is 0.182. The van der Waals surface area contributed by atoms with Crippen molar-refractivity contribution in [2.24, 2.45) is 0 Å². The number of sulfonamides is 1. The first-order valence-electron chi connectivity index (χ1n) is 5.24. The Balaban J connectivity index is 2.11. The van der Waals surface area contributed by atoms with E-state index in [0.717, 1.165) is 22.6 Å². The maximum Gasteiger partial charge on any atom is 0.250 e. The average molecular weight is 382 g/mol. The van der Waals surface area contributed by atoms with Crippen molar-refractivity contribution in [2.75, 3.05) is 0 Å². The molecule has 8 heteroatoms. The summed E-state index contributed by atoms with van der Waals surface area (Å²) >= 11 is 10.1. The maximum atomic E-state index is 12.0. The number of rotatable bonds is 4. The van der Waals surface area contributed by atoms with Crippen molar-refractivity contribution in [3.63, 3.8) is 0 Å². The minimum atomic E-state index is -3.54. The van der Waals surface area contributed by atoms with E-state index in [9.17, 15) is 8.42 Å². The second-order valence-electron chi connectivity index (χ2n) is 3.82. The number of halogens is 2. The van der Waals surface area contributed by atoms with E-state index in [1.54, 1.807) is 6.20 Å². The third-order valence-electron chi connectivity index (χ3n) is 2.33. The Kier molecular flexibility index (Phi) is 4.62. The van der Waals surface area contributed by atoms with Gasteiger partial charge in [-0.15, -0.1) is 11.3 Å². The summed E-state index contributed by atoms with van der Waals surface area (Å²) in [5.74, 6) is 0. The average Bonchev–Trinajstić information content (AvgIpc) is 2.70. The zero-order chi connectivity index (χ0) is 14.0. The summed E-state index contributed by atoms with van der Waals surface area (Å²) in [6.45, 7) is 2.07. The van der Waals surface area contributed by atoms with Crippen molar-refractivity contribution < 1.29 is 8.42 Å². The van der Waals surface area contributed by atoms with Gasteiger partial charge in [-0.3, -0.25) is 4.98 Å². The van der Waals surface area contributed by atoms with Crippen LogP contribution in [-0.2, 0) is 16.6 Å². The van der Waals surface area contributed by atoms with Gasteiger partial charge in [0.25, 0.3) is 0 Å². The molecule has 0 spiro atoms. The highest BCUT2D eigenvalue weighted by atomic mass is 79.9. The highest BCUT2D eigenvalue weighted by Crippen LogP contribution is 2.34. The fourth-order valence-electron chi connectivity index (χ4n) is 1.31. The first kappa shape index (κ1) is 14.9. The van der Waals surface area contributed by atoms with Crippen LogP contribution in [0, 0.1) is 6.92 Å². The van der Waals surface area contributed by atoms with Gasteiger partial charge in [0.1, 0.15) is 4.21 Å².